The van der Waals surface area contributed by atoms with Gasteiger partial charge < -0.3 is 10.2 Å². The number of aromatic nitrogens is 2. The molecular formula is C20H18N4O2S. The van der Waals surface area contributed by atoms with E-state index in [4.69, 9.17) is 12.2 Å². The van der Waals surface area contributed by atoms with Crippen molar-refractivity contribution in [2.24, 2.45) is 7.05 Å². The van der Waals surface area contributed by atoms with Gasteiger partial charge >= 0.3 is 5.69 Å². The fraction of sp³-hybridized carbons (Fsp3) is 0.150. The van der Waals surface area contributed by atoms with Crippen LogP contribution in [0.3, 0.4) is 0 Å². The van der Waals surface area contributed by atoms with Crippen LogP contribution < -0.4 is 21.5 Å². The second-order valence-electron chi connectivity index (χ2n) is 6.53. The molecule has 1 aliphatic rings. The van der Waals surface area contributed by atoms with Crippen molar-refractivity contribution in [3.05, 3.63) is 92.1 Å². The van der Waals surface area contributed by atoms with E-state index in [1.54, 1.807) is 0 Å². The zero-order valence-corrected chi connectivity index (χ0v) is 15.7. The largest absolute Gasteiger partial charge is 0.329 e. The summed E-state index contributed by atoms with van der Waals surface area (Å²) in [6.07, 6.45) is 0. The summed E-state index contributed by atoms with van der Waals surface area (Å²) >= 11 is 5.59. The molecule has 0 spiro atoms. The Morgan fingerprint density at radius 2 is 1.67 bits per heavy atom. The van der Waals surface area contributed by atoms with Crippen LogP contribution in [-0.2, 0) is 7.05 Å². The third-order valence-electron chi connectivity index (χ3n) is 4.75. The van der Waals surface area contributed by atoms with Gasteiger partial charge in [0.05, 0.1) is 11.6 Å². The van der Waals surface area contributed by atoms with Crippen molar-refractivity contribution in [1.29, 1.82) is 0 Å². The van der Waals surface area contributed by atoms with E-state index in [2.05, 4.69) is 10.3 Å². The van der Waals surface area contributed by atoms with E-state index in [0.717, 1.165) is 21.4 Å². The molecular weight excluding hydrogens is 360 g/mol. The highest BCUT2D eigenvalue weighted by molar-refractivity contribution is 7.80. The number of H-pyrrole nitrogens is 1. The number of nitrogens with one attached hydrogen (secondary N) is 2. The molecule has 1 aromatic heterocycles. The molecule has 3 aromatic rings. The number of para-hydroxylation sites is 1. The molecule has 0 fully saturated rings. The van der Waals surface area contributed by atoms with Crippen molar-refractivity contribution >= 4 is 28.8 Å². The molecule has 0 radical (unpaired) electrons. The van der Waals surface area contributed by atoms with Crippen molar-refractivity contribution in [3.8, 4) is 0 Å². The predicted molar refractivity (Wildman–Crippen MR) is 110 cm³/mol. The third-order valence-corrected chi connectivity index (χ3v) is 5.05. The zero-order valence-electron chi connectivity index (χ0n) is 14.9. The third kappa shape index (κ3) is 2.86. The Balaban J connectivity index is 2.02. The average Bonchev–Trinajstić information content (AvgIpc) is 2.66. The second kappa shape index (κ2) is 6.51. The second-order valence-corrected chi connectivity index (χ2v) is 6.92. The van der Waals surface area contributed by atoms with Gasteiger partial charge in [-0.25, -0.2) is 4.79 Å². The van der Waals surface area contributed by atoms with Crippen molar-refractivity contribution in [3.63, 3.8) is 0 Å². The van der Waals surface area contributed by atoms with Crippen LogP contribution in [0, 0.1) is 6.92 Å². The predicted octanol–water partition coefficient (Wildman–Crippen LogP) is 2.69. The van der Waals surface area contributed by atoms with E-state index in [0.29, 0.717) is 16.5 Å². The zero-order chi connectivity index (χ0) is 19.1. The molecule has 0 saturated heterocycles. The average molecular weight is 378 g/mol. The molecule has 1 aliphatic heterocycles. The molecule has 2 heterocycles. The molecule has 6 nitrogen and oxygen atoms in total. The van der Waals surface area contributed by atoms with Gasteiger partial charge in [0.2, 0.25) is 0 Å². The minimum atomic E-state index is -0.482. The summed E-state index contributed by atoms with van der Waals surface area (Å²) in [7, 11) is 1.47. The maximum Gasteiger partial charge on any atom is 0.329 e. The van der Waals surface area contributed by atoms with Crippen molar-refractivity contribution in [2.75, 3.05) is 10.2 Å². The molecule has 1 atom stereocenters. The Morgan fingerprint density at radius 3 is 2.33 bits per heavy atom. The summed E-state index contributed by atoms with van der Waals surface area (Å²) in [5.74, 6) is 0.353. The van der Waals surface area contributed by atoms with Crippen molar-refractivity contribution in [1.82, 2.24) is 9.55 Å². The first-order chi connectivity index (χ1) is 13.0. The van der Waals surface area contributed by atoms with E-state index in [1.165, 1.54) is 7.05 Å². The fourth-order valence-electron chi connectivity index (χ4n) is 3.32. The molecule has 0 aliphatic carbocycles. The standard InChI is InChI=1S/C20H18N4O2S/c1-12-8-10-13(11-9-12)16-15-17(21-19(26)23(2)18(15)25)22-20(27)24(16)14-6-4-3-5-7-14/h3-11,16H,1-2H3,(H,21,26)(H,22,27). The van der Waals surface area contributed by atoms with Gasteiger partial charge in [-0.2, -0.15) is 0 Å². The molecule has 1 unspecified atom stereocenters. The molecule has 7 heteroatoms. The molecule has 0 bridgehead atoms. The van der Waals surface area contributed by atoms with Gasteiger partial charge in [-0.05, 0) is 36.8 Å². The van der Waals surface area contributed by atoms with Crippen LogP contribution in [0.1, 0.15) is 22.7 Å². The molecule has 2 N–H and O–H groups in total. The molecule has 4 rings (SSSR count). The Labute approximate surface area is 161 Å². The van der Waals surface area contributed by atoms with E-state index in [9.17, 15) is 9.59 Å². The van der Waals surface area contributed by atoms with E-state index >= 15 is 0 Å². The fourth-order valence-corrected chi connectivity index (χ4v) is 3.64. The maximum absolute atomic E-state index is 13.0. The lowest BCUT2D eigenvalue weighted by Crippen LogP contribution is -2.49. The Hall–Kier alpha value is -3.19. The number of nitrogens with zero attached hydrogens (tertiary/aromatic N) is 2. The van der Waals surface area contributed by atoms with Crippen LogP contribution >= 0.6 is 12.2 Å². The first-order valence-electron chi connectivity index (χ1n) is 8.52. The molecule has 2 aromatic carbocycles. The minimum Gasteiger partial charge on any atom is -0.318 e. The highest BCUT2D eigenvalue weighted by atomic mass is 32.1. The van der Waals surface area contributed by atoms with Crippen molar-refractivity contribution in [2.45, 2.75) is 13.0 Å². The molecule has 0 saturated carbocycles. The highest BCUT2D eigenvalue weighted by Crippen LogP contribution is 2.37. The van der Waals surface area contributed by atoms with Crippen LogP contribution in [-0.4, -0.2) is 14.7 Å². The van der Waals surface area contributed by atoms with Gasteiger partial charge in [0, 0.05) is 12.7 Å². The molecule has 27 heavy (non-hydrogen) atoms. The number of hydrogen-bond acceptors (Lipinski definition) is 3. The summed E-state index contributed by atoms with van der Waals surface area (Å²) in [4.78, 5) is 29.7. The van der Waals surface area contributed by atoms with Gasteiger partial charge in [-0.1, -0.05) is 48.0 Å². The Morgan fingerprint density at radius 1 is 1.00 bits per heavy atom. The monoisotopic (exact) mass is 378 g/mol. The summed E-state index contributed by atoms with van der Waals surface area (Å²) in [6, 6.07) is 17.2. The summed E-state index contributed by atoms with van der Waals surface area (Å²) in [5.41, 5.74) is 2.52. The van der Waals surface area contributed by atoms with Crippen molar-refractivity contribution < 1.29 is 0 Å². The first-order valence-corrected chi connectivity index (χ1v) is 8.93. The number of benzene rings is 2. The van der Waals surface area contributed by atoms with Crippen LogP contribution in [0.2, 0.25) is 0 Å². The summed E-state index contributed by atoms with van der Waals surface area (Å²) < 4.78 is 1.08. The van der Waals surface area contributed by atoms with Gasteiger partial charge in [-0.3, -0.25) is 14.3 Å². The number of aromatic amines is 1. The maximum atomic E-state index is 13.0. The number of thiocarbonyl (C=S) groups is 1. The number of aryl methyl sites for hydroxylation is 1. The van der Waals surface area contributed by atoms with Gasteiger partial charge in [0.25, 0.3) is 5.56 Å². The lowest BCUT2D eigenvalue weighted by Gasteiger charge is -2.39. The number of rotatable bonds is 2. The normalized spacial score (nSPS) is 16.0. The van der Waals surface area contributed by atoms with Gasteiger partial charge in [0.15, 0.2) is 5.11 Å². The summed E-state index contributed by atoms with van der Waals surface area (Å²) in [6.45, 7) is 2.01. The van der Waals surface area contributed by atoms with Crippen LogP contribution in [0.15, 0.2) is 64.2 Å². The first kappa shape index (κ1) is 17.2. The highest BCUT2D eigenvalue weighted by Gasteiger charge is 2.36. The lowest BCUT2D eigenvalue weighted by atomic mass is 9.95. The smallest absolute Gasteiger partial charge is 0.318 e. The number of fused-ring (bicyclic) bond motifs is 1. The van der Waals surface area contributed by atoms with Gasteiger partial charge in [0.1, 0.15) is 5.82 Å². The number of hydrogen-bond donors (Lipinski definition) is 2. The minimum absolute atomic E-state index is 0.352. The lowest BCUT2D eigenvalue weighted by molar-refractivity contribution is 0.718. The van der Waals surface area contributed by atoms with E-state index in [-0.39, 0.29) is 5.56 Å². The quantitative estimate of drug-likeness (QED) is 0.671. The van der Waals surface area contributed by atoms with E-state index < -0.39 is 11.7 Å². The summed E-state index contributed by atoms with van der Waals surface area (Å²) in [5, 5.41) is 3.44. The topological polar surface area (TPSA) is 70.1 Å². The van der Waals surface area contributed by atoms with Crippen LogP contribution in [0.25, 0.3) is 0 Å². The molecule has 136 valence electrons. The SMILES string of the molecule is Cc1ccc(C2c3c([nH]c(=O)n(C)c3=O)NC(=S)N2c2ccccc2)cc1. The van der Waals surface area contributed by atoms with Crippen LogP contribution in [0.4, 0.5) is 11.5 Å². The van der Waals surface area contributed by atoms with Crippen LogP contribution in [0.5, 0.6) is 0 Å². The van der Waals surface area contributed by atoms with Gasteiger partial charge in [-0.15, -0.1) is 0 Å². The Kier molecular flexibility index (Phi) is 4.16. The van der Waals surface area contributed by atoms with E-state index in [1.807, 2.05) is 66.4 Å². The molecule has 0 amide bonds. The Bertz CT molecular complexity index is 1130. The number of anilines is 2.